The second-order valence-electron chi connectivity index (χ2n) is 7.48. The summed E-state index contributed by atoms with van der Waals surface area (Å²) < 4.78 is 12.1. The number of carbonyl (C=O) groups excluding carboxylic acids is 1. The van der Waals surface area contributed by atoms with Crippen LogP contribution in [0.1, 0.15) is 17.5 Å². The third kappa shape index (κ3) is 5.23. The highest BCUT2D eigenvalue weighted by Gasteiger charge is 2.21. The molecule has 0 aliphatic carbocycles. The maximum Gasteiger partial charge on any atom is 0.246 e. The average molecular weight is 472 g/mol. The van der Waals surface area contributed by atoms with Crippen LogP contribution in [0.5, 0.6) is 11.5 Å². The smallest absolute Gasteiger partial charge is 0.246 e. The number of hydrogen-bond donors (Lipinski definition) is 0. The van der Waals surface area contributed by atoms with E-state index in [-0.39, 0.29) is 5.91 Å². The minimum absolute atomic E-state index is 0.00506. The molecule has 1 fully saturated rings. The normalized spacial score (nSPS) is 14.9. The van der Waals surface area contributed by atoms with Crippen molar-refractivity contribution in [2.24, 2.45) is 0 Å². The van der Waals surface area contributed by atoms with Crippen LogP contribution < -0.4 is 9.47 Å². The fourth-order valence-electron chi connectivity index (χ4n) is 3.72. The van der Waals surface area contributed by atoms with Crippen LogP contribution in [0.2, 0.25) is 5.02 Å². The molecule has 4 rings (SSSR count). The Balaban J connectivity index is 1.33. The number of hydrogen-bond acceptors (Lipinski definition) is 6. The van der Waals surface area contributed by atoms with Gasteiger partial charge in [0.05, 0.1) is 35.5 Å². The van der Waals surface area contributed by atoms with Crippen molar-refractivity contribution in [3.05, 3.63) is 58.1 Å². The van der Waals surface area contributed by atoms with Gasteiger partial charge in [-0.3, -0.25) is 9.69 Å². The number of aromatic nitrogens is 1. The predicted molar refractivity (Wildman–Crippen MR) is 130 cm³/mol. The number of para-hydroxylation sites is 1. The number of benzene rings is 2. The zero-order chi connectivity index (χ0) is 22.5. The van der Waals surface area contributed by atoms with E-state index in [1.165, 1.54) is 4.70 Å². The van der Waals surface area contributed by atoms with Crippen LogP contribution >= 0.6 is 22.9 Å². The van der Waals surface area contributed by atoms with E-state index in [1.807, 2.05) is 36.1 Å². The Morgan fingerprint density at radius 3 is 2.72 bits per heavy atom. The van der Waals surface area contributed by atoms with Crippen molar-refractivity contribution in [2.45, 2.75) is 13.5 Å². The van der Waals surface area contributed by atoms with Gasteiger partial charge in [-0.15, -0.1) is 11.3 Å². The fourth-order valence-corrected chi connectivity index (χ4v) is 5.03. The molecule has 2 aromatic carbocycles. The number of ether oxygens (including phenoxy) is 2. The Bertz CT molecular complexity index is 1090. The van der Waals surface area contributed by atoms with Gasteiger partial charge in [-0.25, -0.2) is 4.98 Å². The largest absolute Gasteiger partial charge is 0.491 e. The first-order valence-electron chi connectivity index (χ1n) is 10.6. The number of thiazole rings is 1. The molecule has 1 aromatic heterocycles. The van der Waals surface area contributed by atoms with Crippen molar-refractivity contribution in [2.75, 3.05) is 39.9 Å². The van der Waals surface area contributed by atoms with Gasteiger partial charge in [-0.05, 0) is 42.8 Å². The zero-order valence-electron chi connectivity index (χ0n) is 18.2. The molecule has 0 spiro atoms. The molecule has 0 bridgehead atoms. The molecule has 168 valence electrons. The summed E-state index contributed by atoms with van der Waals surface area (Å²) in [6.45, 7) is 6.28. The molecule has 0 unspecified atom stereocenters. The van der Waals surface area contributed by atoms with E-state index in [0.29, 0.717) is 36.2 Å². The molecular weight excluding hydrogens is 446 g/mol. The minimum Gasteiger partial charge on any atom is -0.491 e. The molecule has 2 heterocycles. The van der Waals surface area contributed by atoms with Crippen LogP contribution in [-0.4, -0.2) is 60.6 Å². The third-order valence-electron chi connectivity index (χ3n) is 5.34. The van der Waals surface area contributed by atoms with E-state index in [4.69, 9.17) is 26.1 Å². The summed E-state index contributed by atoms with van der Waals surface area (Å²) in [5, 5.41) is 1.57. The van der Waals surface area contributed by atoms with Gasteiger partial charge in [-0.1, -0.05) is 23.7 Å². The van der Waals surface area contributed by atoms with Gasteiger partial charge in [-0.2, -0.15) is 0 Å². The van der Waals surface area contributed by atoms with Gasteiger partial charge >= 0.3 is 0 Å². The maximum absolute atomic E-state index is 12.7. The van der Waals surface area contributed by atoms with E-state index >= 15 is 0 Å². The van der Waals surface area contributed by atoms with Gasteiger partial charge in [0.25, 0.3) is 0 Å². The lowest BCUT2D eigenvalue weighted by molar-refractivity contribution is -0.127. The molecular formula is C24H26ClN3O3S. The molecule has 0 atom stereocenters. The Hall–Kier alpha value is -2.61. The first-order chi connectivity index (χ1) is 15.6. The number of amides is 1. The van der Waals surface area contributed by atoms with E-state index < -0.39 is 0 Å². The van der Waals surface area contributed by atoms with E-state index in [9.17, 15) is 4.79 Å². The summed E-state index contributed by atoms with van der Waals surface area (Å²) in [5.74, 6) is 1.06. The number of piperazine rings is 1. The molecule has 3 aromatic rings. The number of nitrogens with zero attached hydrogens (tertiary/aromatic N) is 3. The molecule has 8 heteroatoms. The van der Waals surface area contributed by atoms with Crippen LogP contribution in [-0.2, 0) is 11.3 Å². The highest BCUT2D eigenvalue weighted by molar-refractivity contribution is 7.18. The highest BCUT2D eigenvalue weighted by Crippen LogP contribution is 2.36. The van der Waals surface area contributed by atoms with Crippen molar-refractivity contribution >= 4 is 45.1 Å². The van der Waals surface area contributed by atoms with Gasteiger partial charge in [0.2, 0.25) is 5.91 Å². The molecule has 1 aliphatic heterocycles. The number of fused-ring (bicyclic) bond motifs is 1. The summed E-state index contributed by atoms with van der Waals surface area (Å²) in [7, 11) is 1.55. The first kappa shape index (κ1) is 22.6. The van der Waals surface area contributed by atoms with Crippen LogP contribution in [0.25, 0.3) is 16.3 Å². The minimum atomic E-state index is -0.00506. The Labute approximate surface area is 197 Å². The van der Waals surface area contributed by atoms with Crippen molar-refractivity contribution in [3.63, 3.8) is 0 Å². The molecule has 0 N–H and O–H groups in total. The zero-order valence-corrected chi connectivity index (χ0v) is 19.8. The molecule has 1 saturated heterocycles. The SMILES string of the molecule is CCOc1cc(C=CC(=O)N2CCN(Cc3nc4ccccc4s3)CC2)cc(Cl)c1OC. The molecule has 1 amide bonds. The van der Waals surface area contributed by atoms with Crippen LogP contribution in [0.4, 0.5) is 0 Å². The van der Waals surface area contributed by atoms with E-state index in [0.717, 1.165) is 35.7 Å². The summed E-state index contributed by atoms with van der Waals surface area (Å²) >= 11 is 8.04. The average Bonchev–Trinajstić information content (AvgIpc) is 3.20. The molecule has 6 nitrogen and oxygen atoms in total. The third-order valence-corrected chi connectivity index (χ3v) is 6.64. The lowest BCUT2D eigenvalue weighted by atomic mass is 10.1. The number of carbonyl (C=O) groups is 1. The standard InChI is InChI=1S/C24H26ClN3O3S/c1-3-31-20-15-17(14-18(25)24(20)30-2)8-9-23(29)28-12-10-27(11-13-28)16-22-26-19-6-4-5-7-21(19)32-22/h4-9,14-15H,3,10-13,16H2,1-2H3. The molecule has 0 radical (unpaired) electrons. The first-order valence-corrected chi connectivity index (χ1v) is 11.8. The monoisotopic (exact) mass is 471 g/mol. The quantitative estimate of drug-likeness (QED) is 0.467. The number of methoxy groups -OCH3 is 1. The second-order valence-corrected chi connectivity index (χ2v) is 9.00. The lowest BCUT2D eigenvalue weighted by Crippen LogP contribution is -2.47. The second kappa shape index (κ2) is 10.3. The Morgan fingerprint density at radius 2 is 2.00 bits per heavy atom. The van der Waals surface area contributed by atoms with Gasteiger partial charge < -0.3 is 14.4 Å². The summed E-state index contributed by atoms with van der Waals surface area (Å²) in [6.07, 6.45) is 3.36. The summed E-state index contributed by atoms with van der Waals surface area (Å²) in [4.78, 5) is 21.6. The maximum atomic E-state index is 12.7. The van der Waals surface area contributed by atoms with Crippen molar-refractivity contribution in [1.29, 1.82) is 0 Å². The van der Waals surface area contributed by atoms with Gasteiger partial charge in [0.1, 0.15) is 5.01 Å². The van der Waals surface area contributed by atoms with Crippen molar-refractivity contribution in [3.8, 4) is 11.5 Å². The lowest BCUT2D eigenvalue weighted by Gasteiger charge is -2.33. The number of halogens is 1. The van der Waals surface area contributed by atoms with Crippen LogP contribution in [0.15, 0.2) is 42.5 Å². The summed E-state index contributed by atoms with van der Waals surface area (Å²) in [6, 6.07) is 11.8. The molecule has 1 aliphatic rings. The fraction of sp³-hybridized carbons (Fsp3) is 0.333. The van der Waals surface area contributed by atoms with Crippen LogP contribution in [0, 0.1) is 0 Å². The number of rotatable bonds is 7. The van der Waals surface area contributed by atoms with Gasteiger partial charge in [0, 0.05) is 32.3 Å². The van der Waals surface area contributed by atoms with Gasteiger partial charge in [0.15, 0.2) is 11.5 Å². The highest BCUT2D eigenvalue weighted by atomic mass is 35.5. The van der Waals surface area contributed by atoms with E-state index in [1.54, 1.807) is 36.7 Å². The molecule has 0 saturated carbocycles. The Kier molecular flexibility index (Phi) is 7.29. The van der Waals surface area contributed by atoms with Crippen molar-refractivity contribution in [1.82, 2.24) is 14.8 Å². The molecule has 32 heavy (non-hydrogen) atoms. The topological polar surface area (TPSA) is 54.9 Å². The van der Waals surface area contributed by atoms with Crippen molar-refractivity contribution < 1.29 is 14.3 Å². The predicted octanol–water partition coefficient (Wildman–Crippen LogP) is 4.71. The van der Waals surface area contributed by atoms with Crippen LogP contribution in [0.3, 0.4) is 0 Å². The Morgan fingerprint density at radius 1 is 1.22 bits per heavy atom. The van der Waals surface area contributed by atoms with E-state index in [2.05, 4.69) is 11.0 Å². The summed E-state index contributed by atoms with van der Waals surface area (Å²) in [5.41, 5.74) is 1.85.